The third kappa shape index (κ3) is 2.16. The van der Waals surface area contributed by atoms with Crippen molar-refractivity contribution in [1.29, 1.82) is 0 Å². The molecule has 2 rings (SSSR count). The van der Waals surface area contributed by atoms with Gasteiger partial charge in [0.15, 0.2) is 0 Å². The van der Waals surface area contributed by atoms with E-state index in [2.05, 4.69) is 5.32 Å². The Morgan fingerprint density at radius 2 is 1.85 bits per heavy atom. The summed E-state index contributed by atoms with van der Waals surface area (Å²) in [6.45, 7) is 0. The highest BCUT2D eigenvalue weighted by atomic mass is 35.5. The van der Waals surface area contributed by atoms with Gasteiger partial charge in [0, 0.05) is 6.04 Å². The Hall–Kier alpha value is -0.690. The van der Waals surface area contributed by atoms with Crippen LogP contribution in [0.1, 0.15) is 25.7 Å². The number of halogens is 1. The lowest BCUT2D eigenvalue weighted by Crippen LogP contribution is -2.14. The molecule has 0 radical (unpaired) electrons. The van der Waals surface area contributed by atoms with Gasteiger partial charge in [0.2, 0.25) is 0 Å². The van der Waals surface area contributed by atoms with Crippen LogP contribution in [0.4, 0.5) is 5.69 Å². The number of hydrogen-bond acceptors (Lipinski definition) is 1. The zero-order chi connectivity index (χ0) is 9.10. The van der Waals surface area contributed by atoms with Crippen molar-refractivity contribution in [2.24, 2.45) is 0 Å². The topological polar surface area (TPSA) is 12.0 Å². The smallest absolute Gasteiger partial charge is 0.0637 e. The molecule has 13 heavy (non-hydrogen) atoms. The molecule has 2 heteroatoms. The summed E-state index contributed by atoms with van der Waals surface area (Å²) in [4.78, 5) is 0. The number of anilines is 1. The highest BCUT2D eigenvalue weighted by Gasteiger charge is 2.14. The van der Waals surface area contributed by atoms with Gasteiger partial charge in [-0.2, -0.15) is 0 Å². The number of nitrogens with one attached hydrogen (secondary N) is 1. The first-order valence-corrected chi connectivity index (χ1v) is 5.25. The zero-order valence-electron chi connectivity index (χ0n) is 7.59. The van der Waals surface area contributed by atoms with Crippen LogP contribution in [0.2, 0.25) is 5.02 Å². The first-order valence-electron chi connectivity index (χ1n) is 4.87. The van der Waals surface area contributed by atoms with E-state index in [0.29, 0.717) is 6.04 Å². The second kappa shape index (κ2) is 4.01. The fraction of sp³-hybridized carbons (Fsp3) is 0.455. The van der Waals surface area contributed by atoms with E-state index in [4.69, 9.17) is 11.6 Å². The van der Waals surface area contributed by atoms with Gasteiger partial charge in [-0.25, -0.2) is 0 Å². The third-order valence-corrected chi connectivity index (χ3v) is 2.92. The van der Waals surface area contributed by atoms with Gasteiger partial charge in [-0.05, 0) is 25.0 Å². The van der Waals surface area contributed by atoms with Crippen LogP contribution in [0, 0.1) is 0 Å². The highest BCUT2D eigenvalue weighted by Crippen LogP contribution is 2.26. The fourth-order valence-electron chi connectivity index (χ4n) is 1.87. The van der Waals surface area contributed by atoms with Crippen molar-refractivity contribution in [3.63, 3.8) is 0 Å². The van der Waals surface area contributed by atoms with Gasteiger partial charge in [-0.3, -0.25) is 0 Å². The molecule has 0 spiro atoms. The highest BCUT2D eigenvalue weighted by molar-refractivity contribution is 6.33. The van der Waals surface area contributed by atoms with Crippen molar-refractivity contribution in [2.75, 3.05) is 5.32 Å². The Bertz CT molecular complexity index is 279. The summed E-state index contributed by atoms with van der Waals surface area (Å²) in [7, 11) is 0. The molecule has 1 aromatic rings. The van der Waals surface area contributed by atoms with E-state index in [-0.39, 0.29) is 0 Å². The predicted molar refractivity (Wildman–Crippen MR) is 57.3 cm³/mol. The molecule has 0 amide bonds. The van der Waals surface area contributed by atoms with Gasteiger partial charge >= 0.3 is 0 Å². The summed E-state index contributed by atoms with van der Waals surface area (Å²) in [5, 5.41) is 4.31. The number of hydrogen-bond donors (Lipinski definition) is 1. The van der Waals surface area contributed by atoms with Crippen molar-refractivity contribution in [1.82, 2.24) is 0 Å². The summed E-state index contributed by atoms with van der Waals surface area (Å²) >= 11 is 6.04. The van der Waals surface area contributed by atoms with Crippen LogP contribution in [-0.2, 0) is 0 Å². The fourth-order valence-corrected chi connectivity index (χ4v) is 2.06. The van der Waals surface area contributed by atoms with Crippen LogP contribution in [0.25, 0.3) is 0 Å². The SMILES string of the molecule is Clc1ccccc1NC1CCCC1. The maximum Gasteiger partial charge on any atom is 0.0637 e. The second-order valence-electron chi connectivity index (χ2n) is 3.61. The van der Waals surface area contributed by atoms with Crippen molar-refractivity contribution in [3.8, 4) is 0 Å². The van der Waals surface area contributed by atoms with Crippen molar-refractivity contribution >= 4 is 17.3 Å². The summed E-state index contributed by atoms with van der Waals surface area (Å²) in [5.41, 5.74) is 1.08. The summed E-state index contributed by atoms with van der Waals surface area (Å²) in [5.74, 6) is 0. The van der Waals surface area contributed by atoms with Crippen LogP contribution in [0.5, 0.6) is 0 Å². The molecule has 1 aliphatic carbocycles. The van der Waals surface area contributed by atoms with Crippen molar-refractivity contribution in [3.05, 3.63) is 29.3 Å². The molecule has 1 aliphatic rings. The second-order valence-corrected chi connectivity index (χ2v) is 4.01. The average Bonchev–Trinajstić information content (AvgIpc) is 2.61. The molecule has 0 atom stereocenters. The maximum atomic E-state index is 6.04. The molecule has 0 heterocycles. The van der Waals surface area contributed by atoms with Crippen molar-refractivity contribution < 1.29 is 0 Å². The average molecular weight is 196 g/mol. The van der Waals surface area contributed by atoms with Crippen LogP contribution in [-0.4, -0.2) is 6.04 Å². The Morgan fingerprint density at radius 1 is 1.15 bits per heavy atom. The van der Waals surface area contributed by atoms with Gasteiger partial charge < -0.3 is 5.32 Å². The van der Waals surface area contributed by atoms with Crippen LogP contribution < -0.4 is 5.32 Å². The molecule has 0 unspecified atom stereocenters. The van der Waals surface area contributed by atoms with Gasteiger partial charge in [0.1, 0.15) is 0 Å². The first-order chi connectivity index (χ1) is 6.36. The molecule has 1 fully saturated rings. The Morgan fingerprint density at radius 3 is 2.54 bits per heavy atom. The minimum Gasteiger partial charge on any atom is -0.381 e. The quantitative estimate of drug-likeness (QED) is 0.759. The largest absolute Gasteiger partial charge is 0.381 e. The summed E-state index contributed by atoms with van der Waals surface area (Å²) in [6, 6.07) is 8.59. The lowest BCUT2D eigenvalue weighted by Gasteiger charge is -2.14. The van der Waals surface area contributed by atoms with Gasteiger partial charge in [0.05, 0.1) is 10.7 Å². The van der Waals surface area contributed by atoms with E-state index >= 15 is 0 Å². The Kier molecular flexibility index (Phi) is 2.74. The van der Waals surface area contributed by atoms with E-state index < -0.39 is 0 Å². The van der Waals surface area contributed by atoms with Gasteiger partial charge in [-0.1, -0.05) is 36.6 Å². The molecular weight excluding hydrogens is 182 g/mol. The van der Waals surface area contributed by atoms with E-state index in [9.17, 15) is 0 Å². The molecule has 1 N–H and O–H groups in total. The molecule has 1 saturated carbocycles. The molecular formula is C11H14ClN. The predicted octanol–water partition coefficient (Wildman–Crippen LogP) is 3.69. The first kappa shape index (κ1) is 8.89. The molecule has 0 saturated heterocycles. The summed E-state index contributed by atoms with van der Waals surface area (Å²) < 4.78 is 0. The lowest BCUT2D eigenvalue weighted by atomic mass is 10.2. The van der Waals surface area contributed by atoms with Crippen LogP contribution in [0.3, 0.4) is 0 Å². The lowest BCUT2D eigenvalue weighted by molar-refractivity contribution is 0.755. The Labute approximate surface area is 84.1 Å². The third-order valence-electron chi connectivity index (χ3n) is 2.59. The molecule has 1 nitrogen and oxygen atoms in total. The monoisotopic (exact) mass is 195 g/mol. The molecule has 0 bridgehead atoms. The number of rotatable bonds is 2. The van der Waals surface area contributed by atoms with E-state index in [0.717, 1.165) is 10.7 Å². The zero-order valence-corrected chi connectivity index (χ0v) is 8.35. The van der Waals surface area contributed by atoms with E-state index in [1.54, 1.807) is 0 Å². The van der Waals surface area contributed by atoms with Gasteiger partial charge in [-0.15, -0.1) is 0 Å². The minimum atomic E-state index is 0.639. The molecule has 1 aromatic carbocycles. The minimum absolute atomic E-state index is 0.639. The van der Waals surface area contributed by atoms with E-state index in [1.807, 2.05) is 24.3 Å². The van der Waals surface area contributed by atoms with Crippen LogP contribution in [0.15, 0.2) is 24.3 Å². The standard InChI is InChI=1S/C11H14ClN/c12-10-7-3-4-8-11(10)13-9-5-1-2-6-9/h3-4,7-9,13H,1-2,5-6H2. The normalized spacial score (nSPS) is 17.6. The summed E-state index contributed by atoms with van der Waals surface area (Å²) in [6.07, 6.45) is 5.26. The number of benzene rings is 1. The van der Waals surface area contributed by atoms with Crippen molar-refractivity contribution in [2.45, 2.75) is 31.7 Å². The molecule has 0 aromatic heterocycles. The van der Waals surface area contributed by atoms with E-state index in [1.165, 1.54) is 25.7 Å². The molecule has 70 valence electrons. The Balaban J connectivity index is 2.04. The maximum absolute atomic E-state index is 6.04. The van der Waals surface area contributed by atoms with Crippen LogP contribution >= 0.6 is 11.6 Å². The molecule has 0 aliphatic heterocycles. The van der Waals surface area contributed by atoms with Gasteiger partial charge in [0.25, 0.3) is 0 Å². The number of para-hydroxylation sites is 1.